The average molecular weight is 417 g/mol. The van der Waals surface area contributed by atoms with Gasteiger partial charge in [-0.15, -0.1) is 0 Å². The molecule has 1 heterocycles. The monoisotopic (exact) mass is 416 g/mol. The van der Waals surface area contributed by atoms with E-state index in [0.29, 0.717) is 12.0 Å². The van der Waals surface area contributed by atoms with Gasteiger partial charge < -0.3 is 10.1 Å². The maximum atomic E-state index is 13.3. The Morgan fingerprint density at radius 2 is 1.86 bits per heavy atom. The van der Waals surface area contributed by atoms with Gasteiger partial charge in [-0.05, 0) is 38.0 Å². The van der Waals surface area contributed by atoms with Crippen LogP contribution in [0.5, 0.6) is 5.75 Å². The molecule has 1 aliphatic rings. The zero-order valence-electron chi connectivity index (χ0n) is 17.5. The topological polar surface area (TPSA) is 75.7 Å². The summed E-state index contributed by atoms with van der Waals surface area (Å²) >= 11 is 0. The van der Waals surface area contributed by atoms with Crippen LogP contribution in [0.1, 0.15) is 49.0 Å². The summed E-state index contributed by atoms with van der Waals surface area (Å²) in [5.74, 6) is 0.387. The molecule has 0 radical (unpaired) electrons. The number of fused-ring (bicyclic) bond motifs is 1. The molecule has 2 aromatic carbocycles. The summed E-state index contributed by atoms with van der Waals surface area (Å²) in [5.41, 5.74) is 2.14. The van der Waals surface area contributed by atoms with Crippen LogP contribution in [0.4, 0.5) is 0 Å². The van der Waals surface area contributed by atoms with Crippen molar-refractivity contribution in [3.05, 3.63) is 65.2 Å². The van der Waals surface area contributed by atoms with E-state index in [4.69, 9.17) is 4.74 Å². The van der Waals surface area contributed by atoms with E-state index in [1.807, 2.05) is 45.0 Å². The molecule has 2 aromatic rings. The van der Waals surface area contributed by atoms with E-state index in [1.54, 1.807) is 24.3 Å². The maximum absolute atomic E-state index is 13.3. The number of sulfonamides is 1. The van der Waals surface area contributed by atoms with Gasteiger partial charge in [-0.25, -0.2) is 8.42 Å². The van der Waals surface area contributed by atoms with Crippen molar-refractivity contribution >= 4 is 15.9 Å². The molecule has 1 N–H and O–H groups in total. The summed E-state index contributed by atoms with van der Waals surface area (Å²) in [7, 11) is -2.15. The number of hydrogen-bond donors (Lipinski definition) is 1. The zero-order valence-corrected chi connectivity index (χ0v) is 18.3. The molecule has 0 spiro atoms. The first-order chi connectivity index (χ1) is 13.5. The van der Waals surface area contributed by atoms with Crippen LogP contribution < -0.4 is 10.1 Å². The minimum absolute atomic E-state index is 0.277. The fourth-order valence-electron chi connectivity index (χ4n) is 3.69. The van der Waals surface area contributed by atoms with Crippen molar-refractivity contribution in [2.75, 3.05) is 13.3 Å². The van der Waals surface area contributed by atoms with Gasteiger partial charge in [0.25, 0.3) is 0 Å². The van der Waals surface area contributed by atoms with Crippen LogP contribution in [-0.4, -0.2) is 37.5 Å². The van der Waals surface area contributed by atoms with E-state index in [-0.39, 0.29) is 11.9 Å². The van der Waals surface area contributed by atoms with Crippen LogP contribution in [-0.2, 0) is 14.8 Å². The van der Waals surface area contributed by atoms with Crippen LogP contribution >= 0.6 is 0 Å². The van der Waals surface area contributed by atoms with Gasteiger partial charge in [0.05, 0.1) is 12.3 Å². The first-order valence-corrected chi connectivity index (χ1v) is 11.4. The van der Waals surface area contributed by atoms with Crippen molar-refractivity contribution in [3.63, 3.8) is 0 Å². The minimum Gasteiger partial charge on any atom is -0.487 e. The Bertz CT molecular complexity index is 1000. The number of amides is 1. The molecule has 0 saturated heterocycles. The van der Waals surface area contributed by atoms with Gasteiger partial charge in [0.15, 0.2) is 0 Å². The molecule has 3 rings (SSSR count). The van der Waals surface area contributed by atoms with Crippen molar-refractivity contribution in [1.29, 1.82) is 0 Å². The van der Waals surface area contributed by atoms with Crippen molar-refractivity contribution in [2.45, 2.75) is 44.9 Å². The highest BCUT2D eigenvalue weighted by Crippen LogP contribution is 2.40. The predicted molar refractivity (Wildman–Crippen MR) is 113 cm³/mol. The normalized spacial score (nSPS) is 19.2. The molecular weight excluding hydrogens is 388 g/mol. The molecule has 1 amide bonds. The number of nitrogens with zero attached hydrogens (tertiary/aromatic N) is 1. The molecule has 1 aliphatic heterocycles. The van der Waals surface area contributed by atoms with E-state index in [0.717, 1.165) is 27.4 Å². The lowest BCUT2D eigenvalue weighted by Crippen LogP contribution is -2.46. The molecule has 0 bridgehead atoms. The summed E-state index contributed by atoms with van der Waals surface area (Å²) in [5, 5.41) is 3.08. The molecule has 0 aliphatic carbocycles. The maximum Gasteiger partial charge on any atom is 0.243 e. The second kappa shape index (κ2) is 7.80. The van der Waals surface area contributed by atoms with Gasteiger partial charge in [-0.1, -0.05) is 42.5 Å². The van der Waals surface area contributed by atoms with Gasteiger partial charge in [0, 0.05) is 19.0 Å². The fraction of sp³-hybridized carbons (Fsp3) is 0.409. The first kappa shape index (κ1) is 21.3. The van der Waals surface area contributed by atoms with E-state index >= 15 is 0 Å². The molecule has 0 unspecified atom stereocenters. The van der Waals surface area contributed by atoms with Crippen molar-refractivity contribution in [1.82, 2.24) is 9.62 Å². The number of likely N-dealkylation sites (N-methyl/N-ethyl adjacent to an activating group) is 1. The third-order valence-corrected chi connectivity index (χ3v) is 6.45. The van der Waals surface area contributed by atoms with E-state index in [9.17, 15) is 13.2 Å². The highest BCUT2D eigenvalue weighted by molar-refractivity contribution is 7.88. The number of nitrogens with one attached hydrogen (secondary N) is 1. The Balaban J connectivity index is 1.96. The number of carbonyl (C=O) groups excluding carboxylic acids is 1. The molecule has 29 heavy (non-hydrogen) atoms. The van der Waals surface area contributed by atoms with E-state index < -0.39 is 21.7 Å². The molecular formula is C22H28N2O4S. The molecule has 6 nitrogen and oxygen atoms in total. The average Bonchev–Trinajstić information content (AvgIpc) is 2.60. The lowest BCUT2D eigenvalue weighted by molar-refractivity contribution is -0.126. The molecule has 0 saturated carbocycles. The standard InChI is InChI=1S/C22H28N2O4S/c1-15-11-12-17-18(14-22(2,3)28-19(17)13-15)23-21(25)20(24(4)29(5,26)27)16-9-7-6-8-10-16/h6-13,18,20H,14H2,1-5H3,(H,23,25)/t18-,20+/m1/s1. The van der Waals surface area contributed by atoms with E-state index in [1.165, 1.54) is 7.05 Å². The summed E-state index contributed by atoms with van der Waals surface area (Å²) in [6.07, 6.45) is 1.69. The fourth-order valence-corrected chi connectivity index (χ4v) is 4.29. The SMILES string of the molecule is Cc1ccc2c(c1)OC(C)(C)C[C@H]2NC(=O)[C@H](c1ccccc1)N(C)S(C)(=O)=O. The highest BCUT2D eigenvalue weighted by Gasteiger charge is 2.37. The van der Waals surface area contributed by atoms with Gasteiger partial charge in [-0.2, -0.15) is 4.31 Å². The summed E-state index contributed by atoms with van der Waals surface area (Å²) in [4.78, 5) is 13.3. The molecule has 0 aromatic heterocycles. The first-order valence-electron chi connectivity index (χ1n) is 9.56. The van der Waals surface area contributed by atoms with Crippen molar-refractivity contribution in [3.8, 4) is 5.75 Å². The Hall–Kier alpha value is -2.38. The lowest BCUT2D eigenvalue weighted by Gasteiger charge is -2.39. The minimum atomic E-state index is -3.58. The zero-order chi connectivity index (χ0) is 21.4. The Kier molecular flexibility index (Phi) is 5.74. The number of hydrogen-bond acceptors (Lipinski definition) is 4. The third kappa shape index (κ3) is 4.79. The van der Waals surface area contributed by atoms with Gasteiger partial charge >= 0.3 is 0 Å². The van der Waals surface area contributed by atoms with Crippen LogP contribution in [0.25, 0.3) is 0 Å². The summed E-state index contributed by atoms with van der Waals surface area (Å²) in [6.45, 7) is 5.95. The van der Waals surface area contributed by atoms with Gasteiger partial charge in [-0.3, -0.25) is 4.79 Å². The molecule has 156 valence electrons. The third-order valence-electron chi connectivity index (χ3n) is 5.19. The van der Waals surface area contributed by atoms with Crippen LogP contribution in [0, 0.1) is 6.92 Å². The second-order valence-corrected chi connectivity index (χ2v) is 10.3. The molecule has 2 atom stereocenters. The van der Waals surface area contributed by atoms with Crippen LogP contribution in [0.15, 0.2) is 48.5 Å². The molecule has 0 fully saturated rings. The number of ether oxygens (including phenoxy) is 1. The van der Waals surface area contributed by atoms with E-state index in [2.05, 4.69) is 5.32 Å². The summed E-state index contributed by atoms with van der Waals surface area (Å²) < 4.78 is 31.6. The quantitative estimate of drug-likeness (QED) is 0.811. The highest BCUT2D eigenvalue weighted by atomic mass is 32.2. The number of carbonyl (C=O) groups is 1. The van der Waals surface area contributed by atoms with Crippen LogP contribution in [0.2, 0.25) is 0 Å². The lowest BCUT2D eigenvalue weighted by atomic mass is 9.89. The summed E-state index contributed by atoms with van der Waals surface area (Å²) in [6, 6.07) is 13.6. The predicted octanol–water partition coefficient (Wildman–Crippen LogP) is 3.35. The Morgan fingerprint density at radius 3 is 2.48 bits per heavy atom. The Morgan fingerprint density at radius 1 is 1.21 bits per heavy atom. The second-order valence-electron chi connectivity index (χ2n) is 8.26. The van der Waals surface area contributed by atoms with Crippen molar-refractivity contribution < 1.29 is 17.9 Å². The smallest absolute Gasteiger partial charge is 0.243 e. The largest absolute Gasteiger partial charge is 0.487 e. The Labute approximate surface area is 172 Å². The van der Waals surface area contributed by atoms with Gasteiger partial charge in [0.2, 0.25) is 15.9 Å². The molecule has 7 heteroatoms. The van der Waals surface area contributed by atoms with Crippen molar-refractivity contribution in [2.24, 2.45) is 0 Å². The van der Waals surface area contributed by atoms with Gasteiger partial charge in [0.1, 0.15) is 17.4 Å². The number of benzene rings is 2. The number of aryl methyl sites for hydroxylation is 1. The number of rotatable bonds is 5. The van der Waals surface area contributed by atoms with Crippen LogP contribution in [0.3, 0.4) is 0 Å².